The van der Waals surface area contributed by atoms with Crippen molar-refractivity contribution in [2.75, 3.05) is 5.32 Å². The number of nitrogens with one attached hydrogen (secondary N) is 1. The molecule has 0 fully saturated rings. The number of carbonyl (C=O) groups is 1. The Bertz CT molecular complexity index is 1010. The molecule has 0 saturated heterocycles. The molecule has 1 N–H and O–H groups in total. The zero-order valence-corrected chi connectivity index (χ0v) is 15.6. The summed E-state index contributed by atoms with van der Waals surface area (Å²) >= 11 is 0. The molecule has 1 amide bonds. The third kappa shape index (κ3) is 4.62. The fraction of sp³-hybridized carbons (Fsp3) is 0.190. The molecule has 0 aliphatic heterocycles. The van der Waals surface area contributed by atoms with Crippen LogP contribution >= 0.6 is 0 Å². The van der Waals surface area contributed by atoms with Gasteiger partial charge >= 0.3 is 0 Å². The van der Waals surface area contributed by atoms with Gasteiger partial charge in [0, 0.05) is 17.8 Å². The van der Waals surface area contributed by atoms with E-state index in [4.69, 9.17) is 4.74 Å². The standard InChI is InChI=1S/C21H20FN3O3/c1-3-18(21(27)23-16-8-4-14(2)5-9-16)28-19-12-13-20(26)25(24-19)17-10-6-15(22)7-11-17/h4-13,18H,3H2,1-2H3,(H,23,27)/t18-/m0/s1. The molecule has 1 atom stereocenters. The molecule has 0 spiro atoms. The van der Waals surface area contributed by atoms with Gasteiger partial charge in [-0.25, -0.2) is 4.39 Å². The van der Waals surface area contributed by atoms with E-state index in [1.165, 1.54) is 36.4 Å². The predicted octanol–water partition coefficient (Wildman–Crippen LogP) is 3.48. The second-order valence-corrected chi connectivity index (χ2v) is 6.27. The zero-order valence-electron chi connectivity index (χ0n) is 15.6. The normalized spacial score (nSPS) is 11.7. The highest BCUT2D eigenvalue weighted by atomic mass is 19.1. The van der Waals surface area contributed by atoms with Gasteiger partial charge in [0.1, 0.15) is 5.82 Å². The van der Waals surface area contributed by atoms with Crippen molar-refractivity contribution in [2.45, 2.75) is 26.4 Å². The molecule has 1 heterocycles. The van der Waals surface area contributed by atoms with Crippen LogP contribution in [0.1, 0.15) is 18.9 Å². The maximum atomic E-state index is 13.1. The quantitative estimate of drug-likeness (QED) is 0.710. The molecule has 28 heavy (non-hydrogen) atoms. The number of aromatic nitrogens is 2. The summed E-state index contributed by atoms with van der Waals surface area (Å²) < 4.78 is 19.9. The molecule has 2 aromatic carbocycles. The molecule has 1 aromatic heterocycles. The van der Waals surface area contributed by atoms with Crippen LogP contribution in [0, 0.1) is 12.7 Å². The van der Waals surface area contributed by atoms with E-state index in [0.29, 0.717) is 17.8 Å². The number of hydrogen-bond acceptors (Lipinski definition) is 4. The third-order valence-electron chi connectivity index (χ3n) is 4.09. The summed E-state index contributed by atoms with van der Waals surface area (Å²) in [5.74, 6) is -0.606. The Balaban J connectivity index is 1.78. The molecule has 144 valence electrons. The summed E-state index contributed by atoms with van der Waals surface area (Å²) in [6.07, 6.45) is -0.373. The minimum atomic E-state index is -0.784. The Morgan fingerprint density at radius 3 is 2.43 bits per heavy atom. The number of amides is 1. The molecule has 6 nitrogen and oxygen atoms in total. The van der Waals surface area contributed by atoms with E-state index in [1.807, 2.05) is 38.1 Å². The highest BCUT2D eigenvalue weighted by molar-refractivity contribution is 5.94. The molecule has 3 rings (SSSR count). The Morgan fingerprint density at radius 2 is 1.79 bits per heavy atom. The maximum absolute atomic E-state index is 13.1. The van der Waals surface area contributed by atoms with Gasteiger partial charge in [0.15, 0.2) is 6.10 Å². The van der Waals surface area contributed by atoms with E-state index < -0.39 is 17.5 Å². The van der Waals surface area contributed by atoms with Crippen molar-refractivity contribution in [1.82, 2.24) is 9.78 Å². The fourth-order valence-corrected chi connectivity index (χ4v) is 2.55. The second-order valence-electron chi connectivity index (χ2n) is 6.27. The van der Waals surface area contributed by atoms with E-state index in [2.05, 4.69) is 10.4 Å². The molecule has 0 saturated carbocycles. The van der Waals surface area contributed by atoms with Gasteiger partial charge in [0.05, 0.1) is 5.69 Å². The zero-order chi connectivity index (χ0) is 20.1. The van der Waals surface area contributed by atoms with Crippen LogP contribution in [0.3, 0.4) is 0 Å². The lowest BCUT2D eigenvalue weighted by atomic mass is 10.2. The smallest absolute Gasteiger partial charge is 0.271 e. The first-order valence-corrected chi connectivity index (χ1v) is 8.87. The van der Waals surface area contributed by atoms with Crippen molar-refractivity contribution in [3.8, 4) is 11.6 Å². The number of benzene rings is 2. The van der Waals surface area contributed by atoms with Crippen molar-refractivity contribution in [3.63, 3.8) is 0 Å². The number of hydrogen-bond donors (Lipinski definition) is 1. The Morgan fingerprint density at radius 1 is 1.11 bits per heavy atom. The van der Waals surface area contributed by atoms with Gasteiger partial charge in [-0.05, 0) is 49.7 Å². The van der Waals surface area contributed by atoms with Gasteiger partial charge in [-0.2, -0.15) is 4.68 Å². The van der Waals surface area contributed by atoms with E-state index in [9.17, 15) is 14.0 Å². The van der Waals surface area contributed by atoms with Gasteiger partial charge in [-0.3, -0.25) is 9.59 Å². The average Bonchev–Trinajstić information content (AvgIpc) is 2.69. The monoisotopic (exact) mass is 381 g/mol. The average molecular weight is 381 g/mol. The van der Waals surface area contributed by atoms with Crippen LogP contribution < -0.4 is 15.6 Å². The van der Waals surface area contributed by atoms with E-state index in [1.54, 1.807) is 0 Å². The Hall–Kier alpha value is -3.48. The van der Waals surface area contributed by atoms with Gasteiger partial charge in [-0.15, -0.1) is 5.10 Å². The van der Waals surface area contributed by atoms with Crippen LogP contribution in [0.25, 0.3) is 5.69 Å². The maximum Gasteiger partial charge on any atom is 0.271 e. The van der Waals surface area contributed by atoms with E-state index in [-0.39, 0.29) is 11.8 Å². The predicted molar refractivity (Wildman–Crippen MR) is 104 cm³/mol. The van der Waals surface area contributed by atoms with Crippen LogP contribution in [0.2, 0.25) is 0 Å². The van der Waals surface area contributed by atoms with Crippen LogP contribution in [-0.4, -0.2) is 21.8 Å². The first kappa shape index (κ1) is 19.3. The Kier molecular flexibility index (Phi) is 5.84. The lowest BCUT2D eigenvalue weighted by molar-refractivity contribution is -0.123. The number of rotatable bonds is 6. The third-order valence-corrected chi connectivity index (χ3v) is 4.09. The number of nitrogens with zero attached hydrogens (tertiary/aromatic N) is 2. The second kappa shape index (κ2) is 8.47. The van der Waals surface area contributed by atoms with Crippen molar-refractivity contribution in [3.05, 3.63) is 82.4 Å². The first-order valence-electron chi connectivity index (χ1n) is 8.87. The summed E-state index contributed by atoms with van der Waals surface area (Å²) in [5, 5.41) is 6.94. The fourth-order valence-electron chi connectivity index (χ4n) is 2.55. The van der Waals surface area contributed by atoms with Gasteiger partial charge in [-0.1, -0.05) is 24.6 Å². The lowest BCUT2D eigenvalue weighted by Crippen LogP contribution is -2.33. The molecule has 0 unspecified atom stereocenters. The lowest BCUT2D eigenvalue weighted by Gasteiger charge is -2.17. The topological polar surface area (TPSA) is 73.2 Å². The molecule has 0 bridgehead atoms. The molecule has 3 aromatic rings. The largest absolute Gasteiger partial charge is 0.463 e. The number of ether oxygens (including phenoxy) is 1. The van der Waals surface area contributed by atoms with Crippen molar-refractivity contribution < 1.29 is 13.9 Å². The highest BCUT2D eigenvalue weighted by Crippen LogP contribution is 2.14. The summed E-state index contributed by atoms with van der Waals surface area (Å²) in [6.45, 7) is 3.78. The summed E-state index contributed by atoms with van der Waals surface area (Å²) in [5.41, 5.74) is 1.76. The SMILES string of the molecule is CC[C@H](Oc1ccc(=O)n(-c2ccc(F)cc2)n1)C(=O)Nc1ccc(C)cc1. The van der Waals surface area contributed by atoms with Crippen molar-refractivity contribution >= 4 is 11.6 Å². The first-order chi connectivity index (χ1) is 13.5. The summed E-state index contributed by atoms with van der Waals surface area (Å²) in [6, 6.07) is 15.5. The van der Waals surface area contributed by atoms with Crippen molar-refractivity contribution in [2.24, 2.45) is 0 Å². The minimum Gasteiger partial charge on any atom is -0.463 e. The summed E-state index contributed by atoms with van der Waals surface area (Å²) in [4.78, 5) is 24.6. The Labute approximate surface area is 161 Å². The van der Waals surface area contributed by atoms with Crippen LogP contribution in [-0.2, 0) is 4.79 Å². The van der Waals surface area contributed by atoms with Crippen LogP contribution in [0.15, 0.2) is 65.5 Å². The molecule has 0 radical (unpaired) electrons. The van der Waals surface area contributed by atoms with Gasteiger partial charge in [0.2, 0.25) is 5.88 Å². The van der Waals surface area contributed by atoms with Crippen LogP contribution in [0.5, 0.6) is 5.88 Å². The molecule has 7 heteroatoms. The number of halogens is 1. The van der Waals surface area contributed by atoms with E-state index >= 15 is 0 Å². The van der Waals surface area contributed by atoms with Crippen LogP contribution in [0.4, 0.5) is 10.1 Å². The van der Waals surface area contributed by atoms with Gasteiger partial charge < -0.3 is 10.1 Å². The number of anilines is 1. The minimum absolute atomic E-state index is 0.120. The highest BCUT2D eigenvalue weighted by Gasteiger charge is 2.19. The number of aryl methyl sites for hydroxylation is 1. The molecule has 0 aliphatic carbocycles. The molecular weight excluding hydrogens is 361 g/mol. The summed E-state index contributed by atoms with van der Waals surface area (Å²) in [7, 11) is 0. The van der Waals surface area contributed by atoms with Crippen molar-refractivity contribution in [1.29, 1.82) is 0 Å². The number of carbonyl (C=O) groups excluding carboxylic acids is 1. The van der Waals surface area contributed by atoms with E-state index in [0.717, 1.165) is 10.2 Å². The molecule has 0 aliphatic rings. The van der Waals surface area contributed by atoms with Gasteiger partial charge in [0.25, 0.3) is 11.5 Å². The molecular formula is C21H20FN3O3.